The Morgan fingerprint density at radius 3 is 2.71 bits per heavy atom. The number of benzene rings is 3. The van der Waals surface area contributed by atoms with E-state index in [0.29, 0.717) is 17.8 Å². The van der Waals surface area contributed by atoms with Crippen molar-refractivity contribution in [2.24, 2.45) is 0 Å². The molecular formula is C28H31N3O3S. The van der Waals surface area contributed by atoms with Crippen molar-refractivity contribution in [3.05, 3.63) is 95.2 Å². The maximum Gasteiger partial charge on any atom is 0.152 e. The lowest BCUT2D eigenvalue weighted by Gasteiger charge is -2.16. The first-order valence-corrected chi connectivity index (χ1v) is 12.6. The molecule has 182 valence electrons. The van der Waals surface area contributed by atoms with Crippen molar-refractivity contribution in [3.63, 3.8) is 0 Å². The molecule has 0 spiro atoms. The van der Waals surface area contributed by atoms with Gasteiger partial charge in [0.05, 0.1) is 11.8 Å². The van der Waals surface area contributed by atoms with Crippen LogP contribution in [0.5, 0.6) is 5.75 Å². The first-order valence-electron chi connectivity index (χ1n) is 11.7. The Hall–Kier alpha value is -3.26. The van der Waals surface area contributed by atoms with Gasteiger partial charge in [-0.25, -0.2) is 0 Å². The number of carbonyl (C=O) groups is 1. The molecule has 0 aromatic heterocycles. The van der Waals surface area contributed by atoms with Gasteiger partial charge in [0.2, 0.25) is 0 Å². The zero-order valence-electron chi connectivity index (χ0n) is 19.7. The number of phenols is 1. The van der Waals surface area contributed by atoms with Gasteiger partial charge in [0.15, 0.2) is 6.29 Å². The minimum absolute atomic E-state index is 0.0850. The molecule has 0 radical (unpaired) electrons. The number of carbonyl (C=O) groups excluding carboxylic acids is 1. The summed E-state index contributed by atoms with van der Waals surface area (Å²) in [4.78, 5) is 14.0. The highest BCUT2D eigenvalue weighted by atomic mass is 32.2. The minimum Gasteiger partial charge on any atom is -0.506 e. The van der Waals surface area contributed by atoms with Crippen molar-refractivity contribution in [3.8, 4) is 5.75 Å². The van der Waals surface area contributed by atoms with E-state index in [1.165, 1.54) is 28.5 Å². The van der Waals surface area contributed by atoms with Crippen molar-refractivity contribution >= 4 is 29.8 Å². The lowest BCUT2D eigenvalue weighted by molar-refractivity contribution is -0.107. The van der Waals surface area contributed by atoms with E-state index in [4.69, 9.17) is 0 Å². The van der Waals surface area contributed by atoms with Crippen molar-refractivity contribution in [2.45, 2.75) is 29.3 Å². The molecule has 0 saturated heterocycles. The maximum absolute atomic E-state index is 11.1. The summed E-state index contributed by atoms with van der Waals surface area (Å²) in [5.41, 5.74) is 4.89. The third-order valence-electron chi connectivity index (χ3n) is 5.85. The number of hydrogen-bond acceptors (Lipinski definition) is 7. The van der Waals surface area contributed by atoms with Crippen LogP contribution in [-0.4, -0.2) is 46.9 Å². The zero-order valence-corrected chi connectivity index (χ0v) is 20.5. The number of fused-ring (bicyclic) bond motifs is 1. The second-order valence-corrected chi connectivity index (χ2v) is 9.78. The van der Waals surface area contributed by atoms with Gasteiger partial charge in [-0.1, -0.05) is 72.4 Å². The van der Waals surface area contributed by atoms with E-state index in [1.54, 1.807) is 12.1 Å². The molecule has 0 amide bonds. The molecule has 7 heteroatoms. The van der Waals surface area contributed by atoms with Crippen LogP contribution < -0.4 is 10.6 Å². The fourth-order valence-electron chi connectivity index (χ4n) is 4.06. The van der Waals surface area contributed by atoms with Crippen molar-refractivity contribution < 1.29 is 15.0 Å². The van der Waals surface area contributed by atoms with E-state index < -0.39 is 11.5 Å². The van der Waals surface area contributed by atoms with Crippen LogP contribution in [0, 0.1) is 0 Å². The molecule has 4 rings (SSSR count). The predicted octanol–water partition coefficient (Wildman–Crippen LogP) is 4.40. The number of nitrogens with zero attached hydrogens (tertiary/aromatic N) is 1. The van der Waals surface area contributed by atoms with Crippen LogP contribution in [0.15, 0.2) is 77.8 Å². The van der Waals surface area contributed by atoms with Crippen molar-refractivity contribution in [1.29, 1.82) is 0 Å². The fraction of sp³-hybridized carbons (Fsp3) is 0.250. The Morgan fingerprint density at radius 1 is 1.11 bits per heavy atom. The number of aldehydes is 1. The molecule has 4 N–H and O–H groups in total. The third-order valence-corrected chi connectivity index (χ3v) is 7.01. The average Bonchev–Trinajstić information content (AvgIpc) is 3.32. The largest absolute Gasteiger partial charge is 0.506 e. The second kappa shape index (κ2) is 11.9. The Balaban J connectivity index is 1.26. The van der Waals surface area contributed by atoms with Gasteiger partial charge in [0.25, 0.3) is 0 Å². The molecule has 1 aliphatic rings. The van der Waals surface area contributed by atoms with E-state index in [1.807, 2.05) is 18.2 Å². The first kappa shape index (κ1) is 24.9. The third kappa shape index (κ3) is 6.66. The van der Waals surface area contributed by atoms with Gasteiger partial charge in [-0.15, -0.1) is 0 Å². The molecule has 35 heavy (non-hydrogen) atoms. The number of thioether (sulfide) groups is 1. The zero-order chi connectivity index (χ0) is 24.6. The van der Waals surface area contributed by atoms with Crippen LogP contribution in [0.25, 0.3) is 6.08 Å². The second-order valence-electron chi connectivity index (χ2n) is 8.63. The lowest BCUT2D eigenvalue weighted by atomic mass is 10.1. The monoisotopic (exact) mass is 489 g/mol. The van der Waals surface area contributed by atoms with Gasteiger partial charge in [-0.3, -0.25) is 0 Å². The van der Waals surface area contributed by atoms with Crippen LogP contribution >= 0.6 is 11.8 Å². The molecular weight excluding hydrogens is 458 g/mol. The SMILES string of the molecule is CN(C=Cc1ccccc1)Cc1cccc(CCNC[C@H](O)c2ccc(O)c3c2SC(C=O)N3)c1. The summed E-state index contributed by atoms with van der Waals surface area (Å²) in [6, 6.07) is 22.1. The highest BCUT2D eigenvalue weighted by Gasteiger charge is 2.28. The lowest BCUT2D eigenvalue weighted by Crippen LogP contribution is -2.24. The number of phenolic OH excluding ortho intramolecular Hbond substituents is 1. The Labute approximate surface area is 210 Å². The van der Waals surface area contributed by atoms with Gasteiger partial charge in [-0.2, -0.15) is 0 Å². The summed E-state index contributed by atoms with van der Waals surface area (Å²) < 4.78 is 0. The van der Waals surface area contributed by atoms with Crippen LogP contribution in [-0.2, 0) is 17.8 Å². The maximum atomic E-state index is 11.1. The number of aromatic hydroxyl groups is 1. The van der Waals surface area contributed by atoms with Crippen molar-refractivity contribution in [1.82, 2.24) is 10.2 Å². The van der Waals surface area contributed by atoms with E-state index in [2.05, 4.69) is 71.3 Å². The topological polar surface area (TPSA) is 84.8 Å². The van der Waals surface area contributed by atoms with Crippen LogP contribution in [0.4, 0.5) is 5.69 Å². The number of nitrogens with one attached hydrogen (secondary N) is 2. The van der Waals surface area contributed by atoms with E-state index in [-0.39, 0.29) is 5.75 Å². The molecule has 0 aliphatic carbocycles. The summed E-state index contributed by atoms with van der Waals surface area (Å²) in [5, 5.41) is 26.6. The summed E-state index contributed by atoms with van der Waals surface area (Å²) >= 11 is 1.31. The molecule has 6 nitrogen and oxygen atoms in total. The highest BCUT2D eigenvalue weighted by molar-refractivity contribution is 8.01. The summed E-state index contributed by atoms with van der Waals surface area (Å²) in [5.74, 6) is 0.0850. The standard InChI is InChI=1S/C28H31N3O3S/c1-31(15-13-20-6-3-2-4-7-20)18-22-9-5-8-21(16-22)12-14-29-17-25(34)23-10-11-24(33)27-28(23)35-26(19-32)30-27/h2-11,13,15-16,19,25-26,29-30,33-34H,12,14,17-18H2,1H3/t25-,26?/m0/s1. The highest BCUT2D eigenvalue weighted by Crippen LogP contribution is 2.46. The van der Waals surface area contributed by atoms with Crippen LogP contribution in [0.2, 0.25) is 0 Å². The van der Waals surface area contributed by atoms with Gasteiger partial charge >= 0.3 is 0 Å². The molecule has 1 heterocycles. The molecule has 0 saturated carbocycles. The van der Waals surface area contributed by atoms with Crippen LogP contribution in [0.1, 0.15) is 28.4 Å². The molecule has 1 aliphatic heterocycles. The molecule has 0 bridgehead atoms. The molecule has 3 aromatic rings. The minimum atomic E-state index is -0.736. The Kier molecular flexibility index (Phi) is 8.47. The Morgan fingerprint density at radius 2 is 1.91 bits per heavy atom. The molecule has 3 aromatic carbocycles. The fourth-order valence-corrected chi connectivity index (χ4v) is 5.17. The summed E-state index contributed by atoms with van der Waals surface area (Å²) in [7, 11) is 2.07. The van der Waals surface area contributed by atoms with Gasteiger partial charge < -0.3 is 30.5 Å². The number of hydrogen-bond donors (Lipinski definition) is 4. The quantitative estimate of drug-likeness (QED) is 0.180. The Bertz CT molecular complexity index is 1170. The first-order chi connectivity index (χ1) is 17.0. The number of anilines is 1. The average molecular weight is 490 g/mol. The van der Waals surface area contributed by atoms with Gasteiger partial charge in [0, 0.05) is 25.0 Å². The van der Waals surface area contributed by atoms with Crippen LogP contribution in [0.3, 0.4) is 0 Å². The number of aliphatic hydroxyl groups excluding tert-OH is 1. The van der Waals surface area contributed by atoms with E-state index in [9.17, 15) is 15.0 Å². The normalized spacial score (nSPS) is 15.5. The molecule has 0 fully saturated rings. The predicted molar refractivity (Wildman–Crippen MR) is 142 cm³/mol. The summed E-state index contributed by atoms with van der Waals surface area (Å²) in [6.45, 7) is 1.94. The van der Waals surface area contributed by atoms with Gasteiger partial charge in [-0.05, 0) is 53.6 Å². The number of rotatable bonds is 11. The number of aliphatic hydroxyl groups is 1. The van der Waals surface area contributed by atoms with E-state index in [0.717, 1.165) is 30.7 Å². The van der Waals surface area contributed by atoms with Crippen molar-refractivity contribution in [2.75, 3.05) is 25.5 Å². The molecule has 2 atom stereocenters. The smallest absolute Gasteiger partial charge is 0.152 e. The summed E-state index contributed by atoms with van der Waals surface area (Å²) in [6.07, 6.45) is 5.11. The van der Waals surface area contributed by atoms with Gasteiger partial charge in [0.1, 0.15) is 11.1 Å². The molecule has 1 unspecified atom stereocenters. The van der Waals surface area contributed by atoms with E-state index >= 15 is 0 Å².